The minimum Gasteiger partial charge on any atom is -0.480 e. The smallest absolute Gasteiger partial charge is 0.326 e. The molecule has 0 aromatic heterocycles. The number of esters is 1. The normalized spacial score (nSPS) is 12.8. The molecule has 2 atom stereocenters. The van der Waals surface area contributed by atoms with E-state index in [0.717, 1.165) is 70.6 Å². The Morgan fingerprint density at radius 1 is 0.609 bits per heavy atom. The first kappa shape index (κ1) is 44.1. The van der Waals surface area contributed by atoms with Crippen molar-refractivity contribution in [3.05, 3.63) is 12.2 Å². The number of allylic oxidation sites excluding steroid dienone is 2. The highest BCUT2D eigenvalue weighted by Crippen LogP contribution is 2.18. The van der Waals surface area contributed by atoms with Crippen LogP contribution in [0.15, 0.2) is 12.2 Å². The average molecular weight is 651 g/mol. The van der Waals surface area contributed by atoms with Crippen molar-refractivity contribution in [2.24, 2.45) is 5.73 Å². The quantitative estimate of drug-likeness (QED) is 0.0357. The molecule has 0 heterocycles. The molecule has 0 rings (SSSR count). The molecule has 0 saturated heterocycles. The Morgan fingerprint density at radius 3 is 1.65 bits per heavy atom. The van der Waals surface area contributed by atoms with E-state index in [0.29, 0.717) is 32.2 Å². The number of nitrogens with two attached hydrogens (primary N) is 1. The molecule has 0 aliphatic carbocycles. The van der Waals surface area contributed by atoms with Crippen LogP contribution >= 0.6 is 0 Å². The second-order valence-corrected chi connectivity index (χ2v) is 13.3. The number of hydrogen-bond acceptors (Lipinski definition) is 5. The lowest BCUT2D eigenvalue weighted by molar-refractivity contribution is -0.150. The van der Waals surface area contributed by atoms with E-state index in [1.165, 1.54) is 89.9 Å². The molecular formula is C39H74N2O5. The van der Waals surface area contributed by atoms with Crippen molar-refractivity contribution in [3.8, 4) is 0 Å². The second kappa shape index (κ2) is 34.4. The van der Waals surface area contributed by atoms with Crippen LogP contribution in [0.25, 0.3) is 0 Å². The maximum atomic E-state index is 12.7. The summed E-state index contributed by atoms with van der Waals surface area (Å²) in [4.78, 5) is 36.1. The molecule has 0 aliphatic heterocycles. The summed E-state index contributed by atoms with van der Waals surface area (Å²) < 4.78 is 5.99. The zero-order valence-electron chi connectivity index (χ0n) is 30.2. The van der Waals surface area contributed by atoms with Crippen LogP contribution in [0.5, 0.6) is 0 Å². The highest BCUT2D eigenvalue weighted by molar-refractivity contribution is 5.83. The summed E-state index contributed by atoms with van der Waals surface area (Å²) >= 11 is 0. The van der Waals surface area contributed by atoms with Crippen LogP contribution in [0, 0.1) is 0 Å². The van der Waals surface area contributed by atoms with E-state index in [1.54, 1.807) is 0 Å². The minimum atomic E-state index is -1.01. The fraction of sp³-hybridized carbons (Fsp3) is 0.872. The van der Waals surface area contributed by atoms with Crippen molar-refractivity contribution in [2.75, 3.05) is 6.54 Å². The molecule has 0 aliphatic rings. The maximum absolute atomic E-state index is 12.7. The Hall–Kier alpha value is -1.89. The molecule has 4 N–H and O–H groups in total. The molecular weight excluding hydrogens is 576 g/mol. The van der Waals surface area contributed by atoms with Gasteiger partial charge in [0, 0.05) is 12.8 Å². The van der Waals surface area contributed by atoms with E-state index in [1.807, 2.05) is 0 Å². The fourth-order valence-electron chi connectivity index (χ4n) is 5.86. The Labute approximate surface area is 283 Å². The van der Waals surface area contributed by atoms with Gasteiger partial charge >= 0.3 is 11.9 Å². The molecule has 46 heavy (non-hydrogen) atoms. The number of ether oxygens (including phenoxy) is 1. The zero-order valence-corrected chi connectivity index (χ0v) is 30.2. The van der Waals surface area contributed by atoms with Gasteiger partial charge in [-0.25, -0.2) is 4.79 Å². The summed E-state index contributed by atoms with van der Waals surface area (Å²) in [6.45, 7) is 4.92. The lowest BCUT2D eigenvalue weighted by Crippen LogP contribution is -2.40. The minimum absolute atomic E-state index is 0.00900. The molecule has 1 amide bonds. The lowest BCUT2D eigenvalue weighted by Gasteiger charge is -2.18. The van der Waals surface area contributed by atoms with Gasteiger partial charge in [0.15, 0.2) is 0 Å². The van der Waals surface area contributed by atoms with Crippen LogP contribution in [0.3, 0.4) is 0 Å². The van der Waals surface area contributed by atoms with Gasteiger partial charge in [0.25, 0.3) is 0 Å². The van der Waals surface area contributed by atoms with Gasteiger partial charge in [0.2, 0.25) is 5.91 Å². The highest BCUT2D eigenvalue weighted by atomic mass is 16.5. The number of amides is 1. The van der Waals surface area contributed by atoms with Crippen LogP contribution in [0.1, 0.15) is 200 Å². The molecule has 0 fully saturated rings. The van der Waals surface area contributed by atoms with Crippen molar-refractivity contribution < 1.29 is 24.2 Å². The summed E-state index contributed by atoms with van der Waals surface area (Å²) in [5.74, 6) is -1.25. The van der Waals surface area contributed by atoms with Gasteiger partial charge in [0.1, 0.15) is 12.1 Å². The van der Waals surface area contributed by atoms with Crippen molar-refractivity contribution in [1.29, 1.82) is 0 Å². The number of carbonyl (C=O) groups is 3. The zero-order chi connectivity index (χ0) is 33.9. The topological polar surface area (TPSA) is 119 Å². The Morgan fingerprint density at radius 2 is 1.09 bits per heavy atom. The van der Waals surface area contributed by atoms with E-state index in [2.05, 4.69) is 31.3 Å². The lowest BCUT2D eigenvalue weighted by atomic mass is 10.0. The van der Waals surface area contributed by atoms with Crippen LogP contribution < -0.4 is 11.1 Å². The molecule has 0 saturated carbocycles. The van der Waals surface area contributed by atoms with E-state index >= 15 is 0 Å². The number of carboxylic acid groups (broad SMARTS) is 1. The first-order valence-corrected chi connectivity index (χ1v) is 19.5. The van der Waals surface area contributed by atoms with Crippen molar-refractivity contribution >= 4 is 17.8 Å². The maximum Gasteiger partial charge on any atom is 0.326 e. The van der Waals surface area contributed by atoms with Gasteiger partial charge in [-0.2, -0.15) is 0 Å². The molecule has 0 radical (unpaired) electrons. The average Bonchev–Trinajstić information content (AvgIpc) is 3.03. The highest BCUT2D eigenvalue weighted by Gasteiger charge is 2.19. The number of unbranched alkanes of at least 4 members (excludes halogenated alkanes) is 19. The fourth-order valence-corrected chi connectivity index (χ4v) is 5.86. The van der Waals surface area contributed by atoms with Gasteiger partial charge in [-0.15, -0.1) is 0 Å². The molecule has 0 spiro atoms. The Balaban J connectivity index is 4.35. The van der Waals surface area contributed by atoms with Crippen molar-refractivity contribution in [1.82, 2.24) is 5.32 Å². The SMILES string of the molecule is CCCCCCCC/C=C\CCCC(CCCCCCCC(=O)NC(CCCN)C(=O)O)OC(=O)CCCCCCCCCCC. The number of nitrogens with one attached hydrogen (secondary N) is 1. The third-order valence-corrected chi connectivity index (χ3v) is 8.83. The van der Waals surface area contributed by atoms with E-state index in [9.17, 15) is 19.5 Å². The van der Waals surface area contributed by atoms with Crippen LogP contribution in [0.2, 0.25) is 0 Å². The van der Waals surface area contributed by atoms with Crippen molar-refractivity contribution in [3.63, 3.8) is 0 Å². The molecule has 0 aromatic rings. The van der Waals surface area contributed by atoms with Gasteiger partial charge in [-0.1, -0.05) is 129 Å². The van der Waals surface area contributed by atoms with Crippen LogP contribution in [-0.2, 0) is 19.1 Å². The first-order chi connectivity index (χ1) is 22.4. The number of carboxylic acids is 1. The summed E-state index contributed by atoms with van der Waals surface area (Å²) in [5.41, 5.74) is 5.47. The number of aliphatic carboxylic acids is 1. The monoisotopic (exact) mass is 651 g/mol. The number of rotatable bonds is 35. The molecule has 7 heteroatoms. The number of hydrogen-bond donors (Lipinski definition) is 3. The number of carbonyl (C=O) groups excluding carboxylic acids is 2. The molecule has 2 unspecified atom stereocenters. The third kappa shape index (κ3) is 30.7. The summed E-state index contributed by atoms with van der Waals surface area (Å²) in [5, 5.41) is 11.9. The van der Waals surface area contributed by atoms with Crippen molar-refractivity contribution in [2.45, 2.75) is 212 Å². The van der Waals surface area contributed by atoms with E-state index < -0.39 is 12.0 Å². The van der Waals surface area contributed by atoms with Gasteiger partial charge in [-0.3, -0.25) is 9.59 Å². The summed E-state index contributed by atoms with van der Waals surface area (Å²) in [6, 6.07) is -0.855. The van der Waals surface area contributed by atoms with Crippen LogP contribution in [0.4, 0.5) is 0 Å². The second-order valence-electron chi connectivity index (χ2n) is 13.3. The predicted molar refractivity (Wildman–Crippen MR) is 193 cm³/mol. The molecule has 270 valence electrons. The standard InChI is InChI=1S/C39H74N2O5/c1-3-5-7-9-11-13-14-16-17-20-24-29-35(46-38(43)33-27-23-18-15-12-10-8-6-4-2)30-25-21-19-22-26-32-37(42)41-36(39(44)45)31-28-34-40/h16-17,35-36H,3-15,18-34,40H2,1-2H3,(H,41,42)(H,44,45)/b17-16-. The van der Waals surface area contributed by atoms with Gasteiger partial charge < -0.3 is 20.9 Å². The largest absolute Gasteiger partial charge is 0.480 e. The Bertz CT molecular complexity index is 742. The first-order valence-electron chi connectivity index (χ1n) is 19.5. The molecule has 7 nitrogen and oxygen atoms in total. The van der Waals surface area contributed by atoms with E-state index in [4.69, 9.17) is 10.5 Å². The molecule has 0 bridgehead atoms. The van der Waals surface area contributed by atoms with Gasteiger partial charge in [0.05, 0.1) is 0 Å². The Kier molecular flexibility index (Phi) is 33.0. The van der Waals surface area contributed by atoms with E-state index in [-0.39, 0.29) is 18.0 Å². The predicted octanol–water partition coefficient (Wildman–Crippen LogP) is 10.3. The van der Waals surface area contributed by atoms with Gasteiger partial charge in [-0.05, 0) is 77.2 Å². The third-order valence-electron chi connectivity index (χ3n) is 8.83. The van der Waals surface area contributed by atoms with Crippen LogP contribution in [-0.4, -0.2) is 41.6 Å². The molecule has 0 aromatic carbocycles. The summed E-state index contributed by atoms with van der Waals surface area (Å²) in [6.07, 6.45) is 35.4. The summed E-state index contributed by atoms with van der Waals surface area (Å²) in [7, 11) is 0.